The van der Waals surface area contributed by atoms with Gasteiger partial charge in [0.15, 0.2) is 5.65 Å². The standard InChI is InChI=1S/C24H24N8O/c1-4-32-21(16-10-25-14(2)26-11-16)30-20-19(27-13-28-22(20)32)15-5-6-18-17(9-15)24(23(33)29-18)7-8-31(3)12-24/h5-6,9-11,13H,4,7-8,12H2,1-3H3,(H,29,33). The minimum atomic E-state index is -0.501. The third kappa shape index (κ3) is 2.88. The lowest BCUT2D eigenvalue weighted by atomic mass is 9.80. The van der Waals surface area contributed by atoms with Crippen LogP contribution in [0.1, 0.15) is 24.7 Å². The molecule has 1 spiro atoms. The molecule has 5 heterocycles. The molecule has 1 aromatic carbocycles. The van der Waals surface area contributed by atoms with Gasteiger partial charge in [-0.2, -0.15) is 0 Å². The monoisotopic (exact) mass is 440 g/mol. The largest absolute Gasteiger partial charge is 0.325 e. The van der Waals surface area contributed by atoms with Gasteiger partial charge in [-0.25, -0.2) is 24.9 Å². The predicted octanol–water partition coefficient (Wildman–Crippen LogP) is 2.80. The zero-order valence-electron chi connectivity index (χ0n) is 18.8. The predicted molar refractivity (Wildman–Crippen MR) is 125 cm³/mol. The van der Waals surface area contributed by atoms with Gasteiger partial charge in [0.25, 0.3) is 0 Å². The number of likely N-dealkylation sites (N-methyl/N-ethyl adjacent to an activating group) is 1. The fourth-order valence-corrected chi connectivity index (χ4v) is 5.14. The first-order valence-electron chi connectivity index (χ1n) is 11.2. The molecular formula is C24H24N8O. The van der Waals surface area contributed by atoms with Gasteiger partial charge in [0.05, 0.1) is 11.0 Å². The molecule has 166 valence electrons. The molecule has 0 saturated carbocycles. The van der Waals surface area contributed by atoms with Gasteiger partial charge < -0.3 is 14.8 Å². The molecule has 2 aliphatic heterocycles. The molecule has 6 rings (SSSR count). The van der Waals surface area contributed by atoms with Crippen molar-refractivity contribution in [3.05, 3.63) is 48.3 Å². The number of nitrogens with zero attached hydrogens (tertiary/aromatic N) is 7. The van der Waals surface area contributed by atoms with Gasteiger partial charge in [-0.3, -0.25) is 4.79 Å². The van der Waals surface area contributed by atoms with E-state index >= 15 is 0 Å². The second kappa shape index (κ2) is 7.14. The van der Waals surface area contributed by atoms with Crippen molar-refractivity contribution in [3.63, 3.8) is 0 Å². The summed E-state index contributed by atoms with van der Waals surface area (Å²) >= 11 is 0. The van der Waals surface area contributed by atoms with E-state index in [-0.39, 0.29) is 5.91 Å². The van der Waals surface area contributed by atoms with Crippen LogP contribution in [0, 0.1) is 6.92 Å². The number of benzene rings is 1. The van der Waals surface area contributed by atoms with Crippen molar-refractivity contribution in [1.82, 2.24) is 34.4 Å². The van der Waals surface area contributed by atoms with Crippen molar-refractivity contribution in [2.24, 2.45) is 0 Å². The summed E-state index contributed by atoms with van der Waals surface area (Å²) in [6.45, 7) is 6.25. The van der Waals surface area contributed by atoms with Gasteiger partial charge in [0, 0.05) is 36.7 Å². The van der Waals surface area contributed by atoms with Crippen LogP contribution in [0.15, 0.2) is 36.9 Å². The van der Waals surface area contributed by atoms with Crippen molar-refractivity contribution >= 4 is 22.8 Å². The number of nitrogens with one attached hydrogen (secondary N) is 1. The minimum Gasteiger partial charge on any atom is -0.325 e. The Morgan fingerprint density at radius 1 is 1.12 bits per heavy atom. The Morgan fingerprint density at radius 2 is 1.94 bits per heavy atom. The fourth-order valence-electron chi connectivity index (χ4n) is 5.14. The molecule has 9 heteroatoms. The number of likely N-dealkylation sites (tertiary alicyclic amines) is 1. The van der Waals surface area contributed by atoms with E-state index in [1.165, 1.54) is 0 Å². The summed E-state index contributed by atoms with van der Waals surface area (Å²) < 4.78 is 2.06. The first-order valence-corrected chi connectivity index (χ1v) is 11.2. The van der Waals surface area contributed by atoms with E-state index in [4.69, 9.17) is 4.98 Å². The topological polar surface area (TPSA) is 102 Å². The third-order valence-corrected chi connectivity index (χ3v) is 6.84. The maximum absolute atomic E-state index is 12.9. The van der Waals surface area contributed by atoms with Crippen molar-refractivity contribution in [2.75, 3.05) is 25.5 Å². The molecule has 0 aliphatic carbocycles. The quantitative estimate of drug-likeness (QED) is 0.523. The maximum atomic E-state index is 12.9. The molecule has 1 amide bonds. The van der Waals surface area contributed by atoms with Crippen molar-refractivity contribution < 1.29 is 4.79 Å². The SMILES string of the molecule is CCn1c(-c2cnc(C)nc2)nc2c(-c3ccc4c(c3)C3(CCN(C)C3)C(=O)N4)ncnc21. The van der Waals surface area contributed by atoms with E-state index < -0.39 is 5.41 Å². The summed E-state index contributed by atoms with van der Waals surface area (Å²) in [6.07, 6.45) is 5.97. The number of anilines is 1. The van der Waals surface area contributed by atoms with Gasteiger partial charge in [0.2, 0.25) is 5.91 Å². The third-order valence-electron chi connectivity index (χ3n) is 6.84. The lowest BCUT2D eigenvalue weighted by molar-refractivity contribution is -0.120. The molecule has 2 aliphatic rings. The Morgan fingerprint density at radius 3 is 2.67 bits per heavy atom. The molecule has 33 heavy (non-hydrogen) atoms. The minimum absolute atomic E-state index is 0.0868. The molecule has 9 nitrogen and oxygen atoms in total. The van der Waals surface area contributed by atoms with Crippen molar-refractivity contribution in [2.45, 2.75) is 32.2 Å². The van der Waals surface area contributed by atoms with Gasteiger partial charge in [-0.15, -0.1) is 0 Å². The normalized spacial score (nSPS) is 20.0. The van der Waals surface area contributed by atoms with Crippen LogP contribution in [0.3, 0.4) is 0 Å². The van der Waals surface area contributed by atoms with Crippen LogP contribution in [-0.2, 0) is 16.8 Å². The molecule has 1 saturated heterocycles. The number of aromatic nitrogens is 6. The molecular weight excluding hydrogens is 416 g/mol. The average molecular weight is 441 g/mol. The molecule has 3 aromatic heterocycles. The van der Waals surface area contributed by atoms with Crippen molar-refractivity contribution in [3.8, 4) is 22.6 Å². The molecule has 0 radical (unpaired) electrons. The Labute approximate surface area is 190 Å². The highest BCUT2D eigenvalue weighted by Gasteiger charge is 2.50. The summed E-state index contributed by atoms with van der Waals surface area (Å²) in [7, 11) is 2.06. The molecule has 1 fully saturated rings. The van der Waals surface area contributed by atoms with Crippen LogP contribution in [0.2, 0.25) is 0 Å². The molecule has 4 aromatic rings. The Hall–Kier alpha value is -3.72. The molecule has 1 N–H and O–H groups in total. The van der Waals surface area contributed by atoms with Crippen LogP contribution in [0.25, 0.3) is 33.8 Å². The van der Waals surface area contributed by atoms with E-state index in [9.17, 15) is 4.79 Å². The van der Waals surface area contributed by atoms with Gasteiger partial charge in [-0.1, -0.05) is 6.07 Å². The maximum Gasteiger partial charge on any atom is 0.236 e. The van der Waals surface area contributed by atoms with Crippen LogP contribution in [-0.4, -0.2) is 60.4 Å². The Kier molecular flexibility index (Phi) is 4.31. The van der Waals surface area contributed by atoms with E-state index in [1.807, 2.05) is 19.1 Å². The number of amides is 1. The van der Waals surface area contributed by atoms with Gasteiger partial charge >= 0.3 is 0 Å². The van der Waals surface area contributed by atoms with E-state index in [0.29, 0.717) is 12.4 Å². The number of hydrogen-bond acceptors (Lipinski definition) is 7. The van der Waals surface area contributed by atoms with Gasteiger partial charge in [0.1, 0.15) is 29.2 Å². The Balaban J connectivity index is 1.52. The Bertz CT molecular complexity index is 1410. The van der Waals surface area contributed by atoms with Crippen molar-refractivity contribution in [1.29, 1.82) is 0 Å². The van der Waals surface area contributed by atoms with Crippen LogP contribution < -0.4 is 5.32 Å². The highest BCUT2D eigenvalue weighted by Crippen LogP contribution is 2.45. The zero-order chi connectivity index (χ0) is 22.7. The summed E-state index contributed by atoms with van der Waals surface area (Å²) in [5, 5.41) is 3.08. The second-order valence-electron chi connectivity index (χ2n) is 8.88. The first-order chi connectivity index (χ1) is 16.0. The summed E-state index contributed by atoms with van der Waals surface area (Å²) in [5.74, 6) is 1.57. The summed E-state index contributed by atoms with van der Waals surface area (Å²) in [4.78, 5) is 37.9. The number of carbonyl (C=O) groups excluding carboxylic acids is 1. The van der Waals surface area contributed by atoms with Crippen LogP contribution in [0.5, 0.6) is 0 Å². The zero-order valence-corrected chi connectivity index (χ0v) is 18.8. The molecule has 1 unspecified atom stereocenters. The molecule has 1 atom stereocenters. The van der Waals surface area contributed by atoms with Crippen LogP contribution >= 0.6 is 0 Å². The summed E-state index contributed by atoms with van der Waals surface area (Å²) in [5.41, 5.74) is 5.45. The first kappa shape index (κ1) is 19.9. The average Bonchev–Trinajstić information content (AvgIpc) is 3.48. The van der Waals surface area contributed by atoms with E-state index in [0.717, 1.165) is 64.6 Å². The number of carbonyl (C=O) groups is 1. The summed E-state index contributed by atoms with van der Waals surface area (Å²) in [6, 6.07) is 6.08. The lowest BCUT2D eigenvalue weighted by Crippen LogP contribution is -2.36. The molecule has 0 bridgehead atoms. The highest BCUT2D eigenvalue weighted by molar-refractivity contribution is 6.07. The number of hydrogen-bond donors (Lipinski definition) is 1. The number of fused-ring (bicyclic) bond motifs is 3. The lowest BCUT2D eigenvalue weighted by Gasteiger charge is -2.21. The fraction of sp³-hybridized carbons (Fsp3) is 0.333. The number of aryl methyl sites for hydroxylation is 2. The van der Waals surface area contributed by atoms with Gasteiger partial charge in [-0.05, 0) is 51.6 Å². The van der Waals surface area contributed by atoms with E-state index in [1.54, 1.807) is 18.7 Å². The smallest absolute Gasteiger partial charge is 0.236 e. The van der Waals surface area contributed by atoms with E-state index in [2.05, 4.69) is 54.8 Å². The number of imidazole rings is 1. The van der Waals surface area contributed by atoms with Crippen LogP contribution in [0.4, 0.5) is 5.69 Å². The highest BCUT2D eigenvalue weighted by atomic mass is 16.2. The number of rotatable bonds is 3. The second-order valence-corrected chi connectivity index (χ2v) is 8.88.